The Labute approximate surface area is 114 Å². The summed E-state index contributed by atoms with van der Waals surface area (Å²) in [6, 6.07) is 17.3. The molecule has 0 bridgehead atoms. The molecular weight excluding hydrogens is 232 g/mol. The minimum absolute atomic E-state index is 0.285. The van der Waals surface area contributed by atoms with E-state index in [2.05, 4.69) is 71.3 Å². The molecule has 0 aliphatic carbocycles. The van der Waals surface area contributed by atoms with Crippen molar-refractivity contribution in [2.24, 2.45) is 0 Å². The molecule has 1 heterocycles. The van der Waals surface area contributed by atoms with Gasteiger partial charge in [-0.1, -0.05) is 54.6 Å². The van der Waals surface area contributed by atoms with E-state index in [4.69, 9.17) is 0 Å². The third-order valence-electron chi connectivity index (χ3n) is 3.51. The maximum absolute atomic E-state index is 3.64. The molecule has 2 heteroatoms. The van der Waals surface area contributed by atoms with Crippen molar-refractivity contribution in [1.82, 2.24) is 5.32 Å². The van der Waals surface area contributed by atoms with Gasteiger partial charge in [-0.25, -0.2) is 0 Å². The van der Waals surface area contributed by atoms with E-state index in [1.807, 2.05) is 7.05 Å². The van der Waals surface area contributed by atoms with E-state index >= 15 is 0 Å². The van der Waals surface area contributed by atoms with Crippen molar-refractivity contribution in [3.05, 3.63) is 65.2 Å². The topological polar surface area (TPSA) is 24.1 Å². The van der Waals surface area contributed by atoms with E-state index in [1.165, 1.54) is 22.4 Å². The highest BCUT2D eigenvalue weighted by molar-refractivity contribution is 5.79. The first-order valence-corrected chi connectivity index (χ1v) is 6.65. The molecule has 3 rings (SSSR count). The maximum Gasteiger partial charge on any atom is 0.0644 e. The standard InChI is InChI=1S/C17H18N2/c1-18-12-17-15-8-4-2-6-13(15)10-11-14-7-3-5-9-16(14)19-17/h2-11,17-19H,12H2,1H3/t17-/m0/s1. The van der Waals surface area contributed by atoms with Crippen LogP contribution in [0, 0.1) is 0 Å². The van der Waals surface area contributed by atoms with Crippen molar-refractivity contribution in [3.8, 4) is 0 Å². The van der Waals surface area contributed by atoms with Gasteiger partial charge < -0.3 is 10.6 Å². The summed E-state index contributed by atoms with van der Waals surface area (Å²) in [5.41, 5.74) is 5.04. The van der Waals surface area contributed by atoms with Gasteiger partial charge in [0.1, 0.15) is 0 Å². The van der Waals surface area contributed by atoms with Crippen molar-refractivity contribution in [2.75, 3.05) is 18.9 Å². The molecule has 0 aromatic heterocycles. The molecular formula is C17H18N2. The zero-order chi connectivity index (χ0) is 13.1. The Morgan fingerprint density at radius 1 is 0.947 bits per heavy atom. The second kappa shape index (κ2) is 5.29. The quantitative estimate of drug-likeness (QED) is 0.852. The molecule has 2 aromatic carbocycles. The normalized spacial score (nSPS) is 16.8. The van der Waals surface area contributed by atoms with Gasteiger partial charge in [-0.2, -0.15) is 0 Å². The minimum atomic E-state index is 0.285. The van der Waals surface area contributed by atoms with Crippen molar-refractivity contribution < 1.29 is 0 Å². The fourth-order valence-electron chi connectivity index (χ4n) is 2.56. The fourth-order valence-corrected chi connectivity index (χ4v) is 2.56. The molecule has 2 N–H and O–H groups in total. The first-order valence-electron chi connectivity index (χ1n) is 6.65. The summed E-state index contributed by atoms with van der Waals surface area (Å²) in [7, 11) is 1.99. The third kappa shape index (κ3) is 2.40. The number of nitrogens with one attached hydrogen (secondary N) is 2. The Hall–Kier alpha value is -2.06. The van der Waals surface area contributed by atoms with Gasteiger partial charge in [-0.15, -0.1) is 0 Å². The van der Waals surface area contributed by atoms with E-state index in [1.54, 1.807) is 0 Å². The van der Waals surface area contributed by atoms with Gasteiger partial charge in [0.05, 0.1) is 6.04 Å². The van der Waals surface area contributed by atoms with Crippen LogP contribution in [0.1, 0.15) is 22.7 Å². The number of benzene rings is 2. The number of likely N-dealkylation sites (N-methyl/N-ethyl adjacent to an activating group) is 1. The van der Waals surface area contributed by atoms with E-state index in [0.29, 0.717) is 0 Å². The van der Waals surface area contributed by atoms with Crippen LogP contribution in [0.3, 0.4) is 0 Å². The lowest BCUT2D eigenvalue weighted by molar-refractivity contribution is 0.688. The van der Waals surface area contributed by atoms with Crippen molar-refractivity contribution >= 4 is 17.8 Å². The van der Waals surface area contributed by atoms with Crippen LogP contribution in [0.15, 0.2) is 48.5 Å². The highest BCUT2D eigenvalue weighted by Gasteiger charge is 2.16. The zero-order valence-electron chi connectivity index (χ0n) is 11.1. The number of hydrogen-bond donors (Lipinski definition) is 2. The first-order chi connectivity index (χ1) is 9.38. The van der Waals surface area contributed by atoms with E-state index < -0.39 is 0 Å². The van der Waals surface area contributed by atoms with Gasteiger partial charge in [0, 0.05) is 12.2 Å². The van der Waals surface area contributed by atoms with Crippen molar-refractivity contribution in [1.29, 1.82) is 0 Å². The lowest BCUT2D eigenvalue weighted by Crippen LogP contribution is -2.25. The van der Waals surface area contributed by atoms with Crippen LogP contribution < -0.4 is 10.6 Å². The summed E-state index contributed by atoms with van der Waals surface area (Å²) in [4.78, 5) is 0. The molecule has 1 aliphatic heterocycles. The number of anilines is 1. The summed E-state index contributed by atoms with van der Waals surface area (Å²) in [5, 5.41) is 6.91. The van der Waals surface area contributed by atoms with Crippen molar-refractivity contribution in [3.63, 3.8) is 0 Å². The number of rotatable bonds is 2. The molecule has 0 amide bonds. The molecule has 19 heavy (non-hydrogen) atoms. The van der Waals surface area contributed by atoms with Crippen LogP contribution in [0.2, 0.25) is 0 Å². The summed E-state index contributed by atoms with van der Waals surface area (Å²) in [5.74, 6) is 0. The van der Waals surface area contributed by atoms with E-state index in [-0.39, 0.29) is 6.04 Å². The van der Waals surface area contributed by atoms with Gasteiger partial charge in [0.25, 0.3) is 0 Å². The molecule has 0 fully saturated rings. The van der Waals surface area contributed by atoms with Crippen LogP contribution in [0.4, 0.5) is 5.69 Å². The maximum atomic E-state index is 3.64. The largest absolute Gasteiger partial charge is 0.376 e. The molecule has 0 spiro atoms. The second-order valence-corrected chi connectivity index (χ2v) is 4.80. The van der Waals surface area contributed by atoms with E-state index in [0.717, 1.165) is 6.54 Å². The first kappa shape index (κ1) is 12.0. The molecule has 0 saturated carbocycles. The number of hydrogen-bond acceptors (Lipinski definition) is 2. The Morgan fingerprint density at radius 2 is 1.63 bits per heavy atom. The molecule has 1 aliphatic rings. The molecule has 2 aromatic rings. The van der Waals surface area contributed by atoms with Crippen LogP contribution in [0.25, 0.3) is 12.2 Å². The fraction of sp³-hybridized carbons (Fsp3) is 0.176. The number of para-hydroxylation sites is 1. The SMILES string of the molecule is CNC[C@@H]1Nc2ccccc2C=Cc2ccccc21. The summed E-state index contributed by atoms with van der Waals surface area (Å²) in [6.07, 6.45) is 4.38. The summed E-state index contributed by atoms with van der Waals surface area (Å²) in [6.45, 7) is 0.902. The molecule has 1 atom stereocenters. The summed E-state index contributed by atoms with van der Waals surface area (Å²) < 4.78 is 0. The van der Waals surface area contributed by atoms with Crippen LogP contribution in [-0.2, 0) is 0 Å². The lowest BCUT2D eigenvalue weighted by Gasteiger charge is -2.24. The second-order valence-electron chi connectivity index (χ2n) is 4.80. The Kier molecular flexibility index (Phi) is 3.34. The lowest BCUT2D eigenvalue weighted by atomic mass is 9.96. The zero-order valence-corrected chi connectivity index (χ0v) is 11.1. The smallest absolute Gasteiger partial charge is 0.0644 e. The minimum Gasteiger partial charge on any atom is -0.376 e. The highest BCUT2D eigenvalue weighted by atomic mass is 15.0. The summed E-state index contributed by atoms with van der Waals surface area (Å²) >= 11 is 0. The van der Waals surface area contributed by atoms with Gasteiger partial charge >= 0.3 is 0 Å². The average Bonchev–Trinajstić information content (AvgIpc) is 2.44. The van der Waals surface area contributed by atoms with E-state index in [9.17, 15) is 0 Å². The molecule has 2 nitrogen and oxygen atoms in total. The average molecular weight is 250 g/mol. The van der Waals surface area contributed by atoms with Gasteiger partial charge in [0.15, 0.2) is 0 Å². The molecule has 0 radical (unpaired) electrons. The predicted molar refractivity (Wildman–Crippen MR) is 82.1 cm³/mol. The van der Waals surface area contributed by atoms with Gasteiger partial charge in [0.2, 0.25) is 0 Å². The molecule has 96 valence electrons. The van der Waals surface area contributed by atoms with Crippen LogP contribution in [-0.4, -0.2) is 13.6 Å². The highest BCUT2D eigenvalue weighted by Crippen LogP contribution is 2.29. The Balaban J connectivity index is 2.11. The third-order valence-corrected chi connectivity index (χ3v) is 3.51. The number of fused-ring (bicyclic) bond motifs is 2. The Bertz CT molecular complexity index is 602. The molecule has 0 saturated heterocycles. The monoisotopic (exact) mass is 250 g/mol. The molecule has 0 unspecified atom stereocenters. The van der Waals surface area contributed by atoms with Crippen LogP contribution >= 0.6 is 0 Å². The van der Waals surface area contributed by atoms with Crippen LogP contribution in [0.5, 0.6) is 0 Å². The Morgan fingerprint density at radius 3 is 2.47 bits per heavy atom. The van der Waals surface area contributed by atoms with Gasteiger partial charge in [-0.3, -0.25) is 0 Å². The predicted octanol–water partition coefficient (Wildman–Crippen LogP) is 3.54. The van der Waals surface area contributed by atoms with Crippen molar-refractivity contribution in [2.45, 2.75) is 6.04 Å². The van der Waals surface area contributed by atoms with Gasteiger partial charge in [-0.05, 0) is 29.8 Å².